The SMILES string of the molecule is COc1cc(C2C3CC(CC2(O)CC(=O)c2ccccc2)OC3=O)oc(=O)c1. The number of Topliss-reactive ketones (excluding diaryl/α,β-unsaturated/α-hetero) is 1. The van der Waals surface area contributed by atoms with Gasteiger partial charge in [0.05, 0.1) is 30.6 Å². The molecular formula is C21H20O7. The molecule has 1 N–H and O–H groups in total. The van der Waals surface area contributed by atoms with Crippen molar-refractivity contribution in [1.29, 1.82) is 0 Å². The number of ketones is 1. The highest BCUT2D eigenvalue weighted by molar-refractivity contribution is 5.97. The quantitative estimate of drug-likeness (QED) is 0.622. The smallest absolute Gasteiger partial charge is 0.339 e. The molecule has 4 unspecified atom stereocenters. The van der Waals surface area contributed by atoms with E-state index in [1.807, 2.05) is 0 Å². The summed E-state index contributed by atoms with van der Waals surface area (Å²) in [6.07, 6.45) is -0.169. The Morgan fingerprint density at radius 2 is 2.00 bits per heavy atom. The van der Waals surface area contributed by atoms with E-state index in [2.05, 4.69) is 0 Å². The molecule has 2 aliphatic rings. The number of methoxy groups -OCH3 is 1. The summed E-state index contributed by atoms with van der Waals surface area (Å²) < 4.78 is 15.8. The van der Waals surface area contributed by atoms with Crippen molar-refractivity contribution in [3.63, 3.8) is 0 Å². The number of carbonyl (C=O) groups is 2. The predicted octanol–water partition coefficient (Wildman–Crippen LogP) is 2.07. The van der Waals surface area contributed by atoms with E-state index >= 15 is 0 Å². The van der Waals surface area contributed by atoms with Gasteiger partial charge in [-0.05, 0) is 6.42 Å². The van der Waals surface area contributed by atoms with E-state index in [0.717, 1.165) is 0 Å². The molecule has 4 atom stereocenters. The number of hydrogen-bond donors (Lipinski definition) is 1. The molecule has 7 nitrogen and oxygen atoms in total. The monoisotopic (exact) mass is 384 g/mol. The Hall–Kier alpha value is -2.93. The molecule has 0 spiro atoms. The lowest BCUT2D eigenvalue weighted by Crippen LogP contribution is -2.47. The summed E-state index contributed by atoms with van der Waals surface area (Å²) in [5.41, 5.74) is -1.78. The third kappa shape index (κ3) is 3.22. The van der Waals surface area contributed by atoms with Crippen molar-refractivity contribution in [2.75, 3.05) is 7.11 Å². The Balaban J connectivity index is 1.75. The third-order valence-electron chi connectivity index (χ3n) is 5.53. The molecule has 0 radical (unpaired) electrons. The molecule has 1 saturated carbocycles. The fraction of sp³-hybridized carbons (Fsp3) is 0.381. The van der Waals surface area contributed by atoms with Gasteiger partial charge in [0, 0.05) is 24.5 Å². The van der Waals surface area contributed by atoms with Crippen LogP contribution < -0.4 is 10.4 Å². The van der Waals surface area contributed by atoms with Crippen molar-refractivity contribution < 1.29 is 28.6 Å². The Morgan fingerprint density at radius 3 is 2.71 bits per heavy atom. The van der Waals surface area contributed by atoms with Crippen LogP contribution in [0.3, 0.4) is 0 Å². The van der Waals surface area contributed by atoms with Crippen molar-refractivity contribution in [2.24, 2.45) is 5.92 Å². The van der Waals surface area contributed by atoms with Crippen LogP contribution in [0.5, 0.6) is 5.75 Å². The van der Waals surface area contributed by atoms with E-state index in [1.54, 1.807) is 30.3 Å². The van der Waals surface area contributed by atoms with E-state index in [1.165, 1.54) is 19.2 Å². The molecule has 2 heterocycles. The van der Waals surface area contributed by atoms with Crippen molar-refractivity contribution >= 4 is 11.8 Å². The maximum atomic E-state index is 12.8. The highest BCUT2D eigenvalue weighted by Gasteiger charge is 2.58. The molecule has 1 aliphatic heterocycles. The summed E-state index contributed by atoms with van der Waals surface area (Å²) in [6, 6.07) is 11.3. The lowest BCUT2D eigenvalue weighted by atomic mass is 9.66. The average molecular weight is 384 g/mol. The average Bonchev–Trinajstić information content (AvgIpc) is 2.96. The third-order valence-corrected chi connectivity index (χ3v) is 5.53. The lowest BCUT2D eigenvalue weighted by Gasteiger charge is -2.40. The van der Waals surface area contributed by atoms with Gasteiger partial charge in [0.1, 0.15) is 17.6 Å². The summed E-state index contributed by atoms with van der Waals surface area (Å²) >= 11 is 0. The molecule has 146 valence electrons. The zero-order chi connectivity index (χ0) is 19.9. The normalized spacial score (nSPS) is 28.6. The summed E-state index contributed by atoms with van der Waals surface area (Å²) in [5.74, 6) is -1.90. The first-order valence-corrected chi connectivity index (χ1v) is 9.10. The second-order valence-corrected chi connectivity index (χ2v) is 7.37. The number of ether oxygens (including phenoxy) is 2. The predicted molar refractivity (Wildman–Crippen MR) is 97.2 cm³/mol. The zero-order valence-electron chi connectivity index (χ0n) is 15.3. The van der Waals surface area contributed by atoms with Crippen LogP contribution in [0.2, 0.25) is 0 Å². The molecule has 1 aromatic heterocycles. The highest BCUT2D eigenvalue weighted by Crippen LogP contribution is 2.51. The standard InChI is InChI=1S/C21H20O7/c1-26-13-8-17(28-18(23)9-13)19-15-7-14(27-20(15)24)10-21(19,25)11-16(22)12-5-3-2-4-6-12/h2-6,8-9,14-15,19,25H,7,10-11H2,1H3. The number of hydrogen-bond acceptors (Lipinski definition) is 7. The molecule has 2 bridgehead atoms. The van der Waals surface area contributed by atoms with E-state index < -0.39 is 35.1 Å². The summed E-state index contributed by atoms with van der Waals surface area (Å²) in [4.78, 5) is 37.1. The Morgan fingerprint density at radius 1 is 1.25 bits per heavy atom. The summed E-state index contributed by atoms with van der Waals surface area (Å²) in [6.45, 7) is 0. The number of rotatable bonds is 5. The molecule has 0 amide bonds. The van der Waals surface area contributed by atoms with Gasteiger partial charge in [-0.3, -0.25) is 9.59 Å². The number of esters is 1. The minimum Gasteiger partial charge on any atom is -0.496 e. The largest absolute Gasteiger partial charge is 0.496 e. The molecule has 2 aromatic rings. The van der Waals surface area contributed by atoms with E-state index in [4.69, 9.17) is 13.9 Å². The van der Waals surface area contributed by atoms with Gasteiger partial charge in [0.25, 0.3) is 0 Å². The van der Waals surface area contributed by atoms with Crippen LogP contribution >= 0.6 is 0 Å². The maximum Gasteiger partial charge on any atom is 0.339 e. The van der Waals surface area contributed by atoms with Gasteiger partial charge < -0.3 is 19.0 Å². The number of fused-ring (bicyclic) bond motifs is 2. The minimum absolute atomic E-state index is 0.0966. The fourth-order valence-corrected chi connectivity index (χ4v) is 4.37. The van der Waals surface area contributed by atoms with Gasteiger partial charge in [-0.25, -0.2) is 4.79 Å². The van der Waals surface area contributed by atoms with Gasteiger partial charge in [-0.15, -0.1) is 0 Å². The van der Waals surface area contributed by atoms with Crippen LogP contribution in [0.15, 0.2) is 51.7 Å². The van der Waals surface area contributed by atoms with E-state index in [9.17, 15) is 19.5 Å². The van der Waals surface area contributed by atoms with Crippen molar-refractivity contribution in [3.8, 4) is 5.75 Å². The summed E-state index contributed by atoms with van der Waals surface area (Å²) in [5, 5.41) is 11.5. The molecule has 2 fully saturated rings. The first-order valence-electron chi connectivity index (χ1n) is 9.10. The Kier molecular flexibility index (Phi) is 4.55. The zero-order valence-corrected chi connectivity index (χ0v) is 15.3. The molecule has 4 rings (SSSR count). The van der Waals surface area contributed by atoms with Crippen LogP contribution in [-0.4, -0.2) is 35.7 Å². The number of benzene rings is 1. The Labute approximate surface area is 160 Å². The molecule has 1 aliphatic carbocycles. The highest BCUT2D eigenvalue weighted by atomic mass is 16.6. The first-order chi connectivity index (χ1) is 13.4. The van der Waals surface area contributed by atoms with Crippen LogP contribution in [0.1, 0.15) is 41.3 Å². The maximum absolute atomic E-state index is 12.8. The van der Waals surface area contributed by atoms with Crippen molar-refractivity contribution in [2.45, 2.75) is 36.9 Å². The van der Waals surface area contributed by atoms with E-state index in [-0.39, 0.29) is 30.1 Å². The molecular weight excluding hydrogens is 364 g/mol. The number of aliphatic hydroxyl groups is 1. The molecule has 28 heavy (non-hydrogen) atoms. The van der Waals surface area contributed by atoms with Crippen molar-refractivity contribution in [1.82, 2.24) is 0 Å². The van der Waals surface area contributed by atoms with Gasteiger partial charge in [-0.1, -0.05) is 30.3 Å². The van der Waals surface area contributed by atoms with Crippen molar-refractivity contribution in [3.05, 3.63) is 64.2 Å². The minimum atomic E-state index is -1.59. The molecule has 1 aromatic carbocycles. The van der Waals surface area contributed by atoms with Gasteiger partial charge >= 0.3 is 11.6 Å². The fourth-order valence-electron chi connectivity index (χ4n) is 4.37. The van der Waals surface area contributed by atoms with Crippen LogP contribution in [0.25, 0.3) is 0 Å². The van der Waals surface area contributed by atoms with Crippen LogP contribution in [0.4, 0.5) is 0 Å². The number of carbonyl (C=O) groups excluding carboxylic acids is 2. The van der Waals surface area contributed by atoms with Gasteiger partial charge in [-0.2, -0.15) is 0 Å². The Bertz CT molecular complexity index is 964. The van der Waals surface area contributed by atoms with Gasteiger partial charge in [0.2, 0.25) is 0 Å². The van der Waals surface area contributed by atoms with Crippen LogP contribution in [-0.2, 0) is 9.53 Å². The molecule has 7 heteroatoms. The first kappa shape index (κ1) is 18.4. The van der Waals surface area contributed by atoms with E-state index in [0.29, 0.717) is 12.0 Å². The second kappa shape index (κ2) is 6.91. The van der Waals surface area contributed by atoms with Crippen LogP contribution in [0, 0.1) is 5.92 Å². The van der Waals surface area contributed by atoms with Gasteiger partial charge in [0.15, 0.2) is 5.78 Å². The second-order valence-electron chi connectivity index (χ2n) is 7.37. The molecule has 1 saturated heterocycles. The lowest BCUT2D eigenvalue weighted by molar-refractivity contribution is -0.143. The topological polar surface area (TPSA) is 103 Å². The summed E-state index contributed by atoms with van der Waals surface area (Å²) in [7, 11) is 1.41.